The molecule has 5 heteroatoms. The lowest BCUT2D eigenvalue weighted by Gasteiger charge is -2.16. The van der Waals surface area contributed by atoms with Crippen molar-refractivity contribution in [2.75, 3.05) is 13.2 Å². The van der Waals surface area contributed by atoms with Crippen molar-refractivity contribution in [1.29, 1.82) is 0 Å². The van der Waals surface area contributed by atoms with E-state index < -0.39 is 0 Å². The molecule has 1 atom stereocenters. The summed E-state index contributed by atoms with van der Waals surface area (Å²) in [6, 6.07) is 5.48. The van der Waals surface area contributed by atoms with Crippen LogP contribution in [0, 0.1) is 0 Å². The zero-order chi connectivity index (χ0) is 17.0. The largest absolute Gasteiger partial charge is 0.504 e. The second-order valence-corrected chi connectivity index (χ2v) is 7.58. The first-order valence-electron chi connectivity index (χ1n) is 7.95. The highest BCUT2D eigenvalue weighted by molar-refractivity contribution is 7.09. The highest BCUT2D eigenvalue weighted by Gasteiger charge is 2.21. The van der Waals surface area contributed by atoms with E-state index >= 15 is 0 Å². The third-order valence-corrected chi connectivity index (χ3v) is 4.74. The van der Waals surface area contributed by atoms with Gasteiger partial charge in [0.15, 0.2) is 11.5 Å². The number of hydrogen-bond donors (Lipinski definition) is 2. The lowest BCUT2D eigenvalue weighted by molar-refractivity contribution is 0.317. The average Bonchev–Trinajstić information content (AvgIpc) is 2.98. The molecule has 0 bridgehead atoms. The second-order valence-electron chi connectivity index (χ2n) is 6.69. The zero-order valence-electron chi connectivity index (χ0n) is 14.3. The van der Waals surface area contributed by atoms with Gasteiger partial charge in [0.25, 0.3) is 0 Å². The molecule has 0 amide bonds. The molecule has 3 N–H and O–H groups in total. The molecule has 0 saturated carbocycles. The molecule has 1 unspecified atom stereocenters. The number of thiazole rings is 1. The van der Waals surface area contributed by atoms with Crippen molar-refractivity contribution < 1.29 is 9.84 Å². The summed E-state index contributed by atoms with van der Waals surface area (Å²) < 4.78 is 5.45. The lowest BCUT2D eigenvalue weighted by Crippen LogP contribution is -2.16. The van der Waals surface area contributed by atoms with E-state index in [0.29, 0.717) is 18.9 Å². The van der Waals surface area contributed by atoms with Crippen molar-refractivity contribution in [3.63, 3.8) is 0 Å². The number of phenols is 1. The minimum absolute atomic E-state index is 0.0502. The second kappa shape index (κ2) is 7.32. The van der Waals surface area contributed by atoms with Crippen LogP contribution in [0.5, 0.6) is 11.5 Å². The topological polar surface area (TPSA) is 68.4 Å². The maximum Gasteiger partial charge on any atom is 0.161 e. The summed E-state index contributed by atoms with van der Waals surface area (Å²) in [4.78, 5) is 4.78. The summed E-state index contributed by atoms with van der Waals surface area (Å²) in [5.74, 6) is 0.870. The number of rotatable bonds is 6. The molecule has 0 spiro atoms. The van der Waals surface area contributed by atoms with Crippen LogP contribution in [0.25, 0.3) is 0 Å². The van der Waals surface area contributed by atoms with Crippen LogP contribution < -0.4 is 10.5 Å². The van der Waals surface area contributed by atoms with Crippen LogP contribution in [0.3, 0.4) is 0 Å². The summed E-state index contributed by atoms with van der Waals surface area (Å²) >= 11 is 1.67. The predicted octanol–water partition coefficient (Wildman–Crippen LogP) is 3.83. The van der Waals surface area contributed by atoms with Gasteiger partial charge < -0.3 is 15.6 Å². The van der Waals surface area contributed by atoms with Crippen molar-refractivity contribution in [2.45, 2.75) is 45.4 Å². The summed E-state index contributed by atoms with van der Waals surface area (Å²) in [6.45, 7) is 9.46. The Hall–Kier alpha value is -1.59. The van der Waals surface area contributed by atoms with Gasteiger partial charge in [-0.25, -0.2) is 4.98 Å². The first kappa shape index (κ1) is 17.8. The van der Waals surface area contributed by atoms with Crippen LogP contribution in [-0.4, -0.2) is 23.2 Å². The van der Waals surface area contributed by atoms with E-state index in [-0.39, 0.29) is 17.1 Å². The summed E-state index contributed by atoms with van der Waals surface area (Å²) in [7, 11) is 0. The number of nitrogens with zero attached hydrogens (tertiary/aromatic N) is 1. The Morgan fingerprint density at radius 1 is 1.35 bits per heavy atom. The van der Waals surface area contributed by atoms with Crippen molar-refractivity contribution in [2.24, 2.45) is 5.73 Å². The molecule has 0 aliphatic carbocycles. The molecule has 0 aliphatic heterocycles. The number of aromatic nitrogens is 1. The Kier molecular flexibility index (Phi) is 5.65. The molecule has 0 fully saturated rings. The normalized spacial score (nSPS) is 13.1. The Balaban J connectivity index is 2.19. The van der Waals surface area contributed by atoms with Gasteiger partial charge in [-0.2, -0.15) is 0 Å². The van der Waals surface area contributed by atoms with Crippen LogP contribution in [0.15, 0.2) is 23.6 Å². The Bertz CT molecular complexity index is 647. The van der Waals surface area contributed by atoms with Crippen molar-refractivity contribution in [3.05, 3.63) is 39.8 Å². The van der Waals surface area contributed by atoms with Crippen molar-refractivity contribution in [1.82, 2.24) is 4.98 Å². The number of ether oxygens (including phenoxy) is 1. The van der Waals surface area contributed by atoms with Gasteiger partial charge >= 0.3 is 0 Å². The molecule has 0 saturated heterocycles. The molecule has 4 nitrogen and oxygen atoms in total. The molecule has 0 radical (unpaired) electrons. The van der Waals surface area contributed by atoms with E-state index in [9.17, 15) is 5.11 Å². The first-order valence-corrected chi connectivity index (χ1v) is 8.83. The van der Waals surface area contributed by atoms with Gasteiger partial charge in [-0.1, -0.05) is 26.8 Å². The molecule has 126 valence electrons. The molecule has 0 aliphatic rings. The SMILES string of the molecule is CCOc1cc(CC(CN)c2nc(C(C)(C)C)cs2)ccc1O. The van der Waals surface area contributed by atoms with Gasteiger partial charge in [0.1, 0.15) is 0 Å². The van der Waals surface area contributed by atoms with Crippen LogP contribution in [0.4, 0.5) is 0 Å². The van der Waals surface area contributed by atoms with E-state index in [0.717, 1.165) is 22.7 Å². The van der Waals surface area contributed by atoms with Crippen LogP contribution in [-0.2, 0) is 11.8 Å². The maximum absolute atomic E-state index is 9.81. The van der Waals surface area contributed by atoms with E-state index in [1.807, 2.05) is 19.1 Å². The predicted molar refractivity (Wildman–Crippen MR) is 95.6 cm³/mol. The minimum Gasteiger partial charge on any atom is -0.504 e. The number of phenolic OH excluding ortho intramolecular Hbond substituents is 1. The maximum atomic E-state index is 9.81. The fourth-order valence-electron chi connectivity index (χ4n) is 2.33. The number of hydrogen-bond acceptors (Lipinski definition) is 5. The minimum atomic E-state index is 0.0502. The number of benzene rings is 1. The van der Waals surface area contributed by atoms with E-state index in [2.05, 4.69) is 26.2 Å². The number of nitrogens with two attached hydrogens (primary N) is 1. The monoisotopic (exact) mass is 334 g/mol. The van der Waals surface area contributed by atoms with Crippen molar-refractivity contribution in [3.8, 4) is 11.5 Å². The number of aromatic hydroxyl groups is 1. The van der Waals surface area contributed by atoms with Crippen LogP contribution >= 0.6 is 11.3 Å². The molecule has 2 aromatic rings. The van der Waals surface area contributed by atoms with Crippen molar-refractivity contribution >= 4 is 11.3 Å². The van der Waals surface area contributed by atoms with Gasteiger partial charge in [-0.15, -0.1) is 11.3 Å². The highest BCUT2D eigenvalue weighted by Crippen LogP contribution is 2.32. The molecule has 1 aromatic heterocycles. The fraction of sp³-hybridized carbons (Fsp3) is 0.500. The summed E-state index contributed by atoms with van der Waals surface area (Å²) in [5.41, 5.74) is 8.23. The standard InChI is InChI=1S/C18H26N2O2S/c1-5-22-15-9-12(6-7-14(15)21)8-13(10-19)17-20-16(11-23-17)18(2,3)4/h6-7,9,11,13,21H,5,8,10,19H2,1-4H3. The first-order chi connectivity index (χ1) is 10.8. The highest BCUT2D eigenvalue weighted by atomic mass is 32.1. The van der Waals surface area contributed by atoms with Gasteiger partial charge in [-0.05, 0) is 31.0 Å². The molecular formula is C18H26N2O2S. The van der Waals surface area contributed by atoms with Crippen LogP contribution in [0.1, 0.15) is 49.9 Å². The summed E-state index contributed by atoms with van der Waals surface area (Å²) in [5, 5.41) is 13.0. The van der Waals surface area contributed by atoms with Gasteiger partial charge in [-0.3, -0.25) is 0 Å². The quantitative estimate of drug-likeness (QED) is 0.842. The Morgan fingerprint density at radius 2 is 2.09 bits per heavy atom. The van der Waals surface area contributed by atoms with Gasteiger partial charge in [0.2, 0.25) is 0 Å². The Morgan fingerprint density at radius 3 is 2.65 bits per heavy atom. The third kappa shape index (κ3) is 4.45. The van der Waals surface area contributed by atoms with E-state index in [1.165, 1.54) is 0 Å². The molecule has 2 rings (SSSR count). The smallest absolute Gasteiger partial charge is 0.161 e. The molecule has 1 heterocycles. The van der Waals surface area contributed by atoms with Crippen LogP contribution in [0.2, 0.25) is 0 Å². The summed E-state index contributed by atoms with van der Waals surface area (Å²) in [6.07, 6.45) is 0.786. The van der Waals surface area contributed by atoms with E-state index in [1.54, 1.807) is 17.4 Å². The third-order valence-electron chi connectivity index (χ3n) is 3.73. The molecule has 1 aromatic carbocycles. The molecule has 23 heavy (non-hydrogen) atoms. The Labute approximate surface area is 142 Å². The van der Waals surface area contributed by atoms with E-state index in [4.69, 9.17) is 15.5 Å². The zero-order valence-corrected chi connectivity index (χ0v) is 15.1. The molecular weight excluding hydrogens is 308 g/mol. The average molecular weight is 334 g/mol. The fourth-order valence-corrected chi connectivity index (χ4v) is 3.49. The van der Waals surface area contributed by atoms with Gasteiger partial charge in [0.05, 0.1) is 17.3 Å². The van der Waals surface area contributed by atoms with Gasteiger partial charge in [0, 0.05) is 23.3 Å². The lowest BCUT2D eigenvalue weighted by atomic mass is 9.93.